The van der Waals surface area contributed by atoms with Crippen molar-refractivity contribution < 1.29 is 4.79 Å². The van der Waals surface area contributed by atoms with E-state index < -0.39 is 0 Å². The number of hydrogen-bond acceptors (Lipinski definition) is 9. The number of nitrogens with two attached hydrogens (primary N) is 1. The van der Waals surface area contributed by atoms with Gasteiger partial charge in [-0.1, -0.05) is 54.4 Å². The maximum absolute atomic E-state index is 13.0. The van der Waals surface area contributed by atoms with Gasteiger partial charge >= 0.3 is 0 Å². The van der Waals surface area contributed by atoms with E-state index in [1.165, 1.54) is 25.5 Å². The summed E-state index contributed by atoms with van der Waals surface area (Å²) in [5.41, 5.74) is 11.7. The summed E-state index contributed by atoms with van der Waals surface area (Å²) in [6.45, 7) is 1.98. The number of benzene rings is 2. The third-order valence-corrected chi connectivity index (χ3v) is 8.02. The molecule has 2 fully saturated rings. The fraction of sp³-hybridized carbons (Fsp3) is 0.235. The highest BCUT2D eigenvalue weighted by molar-refractivity contribution is 6.31. The van der Waals surface area contributed by atoms with Gasteiger partial charge in [-0.05, 0) is 68.5 Å². The first-order valence-electron chi connectivity index (χ1n) is 15.1. The van der Waals surface area contributed by atoms with Crippen LogP contribution in [0.2, 0.25) is 10.0 Å². The van der Waals surface area contributed by atoms with Gasteiger partial charge in [0.1, 0.15) is 24.0 Å². The summed E-state index contributed by atoms with van der Waals surface area (Å²) in [5, 5.41) is 11.0. The van der Waals surface area contributed by atoms with E-state index in [2.05, 4.69) is 40.9 Å². The molecule has 0 unspecified atom stereocenters. The topological polar surface area (TPSA) is 144 Å². The molecule has 0 aliphatic heterocycles. The standard InChI is InChI=1S/C21H20ClN5O.C13H13ClN4/c1-2-17-16(4-3-11-23-17)21(28)27-19-18(13-5-7-14(22)8-6-13)24-12-25-20(19)26-15-9-10-15;14-9-3-1-8(2-4-9)12-11(15)13(17-7-16-12)18-10-5-6-10/h3-8,11-12,15H,2,9-10H2,1H3,(H,27,28)(H,24,25,26);1-4,7,10H,5-6,15H2,(H,16,17,18). The SMILES string of the molecule is CCc1ncccc1C(=O)Nc1c(NC2CC2)ncnc1-c1ccc(Cl)cc1.Nc1c(NC2CC2)ncnc1-c1ccc(Cl)cc1. The summed E-state index contributed by atoms with van der Waals surface area (Å²) < 4.78 is 0. The van der Waals surface area contributed by atoms with Gasteiger partial charge in [-0.15, -0.1) is 0 Å². The Morgan fingerprint density at radius 2 is 1.30 bits per heavy atom. The summed E-state index contributed by atoms with van der Waals surface area (Å²) in [4.78, 5) is 34.6. The number of amides is 1. The van der Waals surface area contributed by atoms with Crippen molar-refractivity contribution in [2.75, 3.05) is 21.7 Å². The van der Waals surface area contributed by atoms with E-state index in [0.717, 1.165) is 41.2 Å². The number of nitrogens with zero attached hydrogens (tertiary/aromatic N) is 5. The molecule has 0 saturated heterocycles. The highest BCUT2D eigenvalue weighted by Gasteiger charge is 2.26. The Morgan fingerprint density at radius 1 is 0.761 bits per heavy atom. The molecular formula is C34H33Cl2N9O. The molecule has 0 atom stereocenters. The van der Waals surface area contributed by atoms with E-state index in [-0.39, 0.29) is 5.91 Å². The smallest absolute Gasteiger partial charge is 0.257 e. The zero-order valence-electron chi connectivity index (χ0n) is 25.2. The van der Waals surface area contributed by atoms with Crippen LogP contribution in [0, 0.1) is 0 Å². The molecule has 2 saturated carbocycles. The fourth-order valence-corrected chi connectivity index (χ4v) is 4.99. The highest BCUT2D eigenvalue weighted by Crippen LogP contribution is 2.35. The Labute approximate surface area is 277 Å². The molecule has 2 aliphatic carbocycles. The molecule has 0 bridgehead atoms. The molecule has 0 radical (unpaired) electrons. The summed E-state index contributed by atoms with van der Waals surface area (Å²) >= 11 is 11.9. The molecule has 2 aliphatic rings. The van der Waals surface area contributed by atoms with Crippen LogP contribution in [-0.2, 0) is 6.42 Å². The van der Waals surface area contributed by atoms with Gasteiger partial charge in [-0.3, -0.25) is 9.78 Å². The number of nitrogen functional groups attached to an aromatic ring is 1. The predicted molar refractivity (Wildman–Crippen MR) is 184 cm³/mol. The average Bonchev–Trinajstić information content (AvgIpc) is 4.02. The number of halogens is 2. The second kappa shape index (κ2) is 14.1. The van der Waals surface area contributed by atoms with Gasteiger partial charge in [0.05, 0.1) is 22.6 Å². The van der Waals surface area contributed by atoms with E-state index in [9.17, 15) is 4.79 Å². The van der Waals surface area contributed by atoms with Crippen molar-refractivity contribution in [3.05, 3.63) is 101 Å². The number of rotatable bonds is 9. The van der Waals surface area contributed by atoms with Crippen molar-refractivity contribution >= 4 is 52.1 Å². The van der Waals surface area contributed by atoms with Crippen LogP contribution in [0.15, 0.2) is 79.5 Å². The second-order valence-corrected chi connectivity index (χ2v) is 12.0. The average molecular weight is 655 g/mol. The molecule has 5 N–H and O–H groups in total. The quantitative estimate of drug-likeness (QED) is 0.127. The van der Waals surface area contributed by atoms with Gasteiger partial charge in [-0.25, -0.2) is 19.9 Å². The van der Waals surface area contributed by atoms with Crippen LogP contribution in [-0.4, -0.2) is 42.9 Å². The molecule has 5 aromatic rings. The number of hydrogen-bond donors (Lipinski definition) is 4. The zero-order valence-corrected chi connectivity index (χ0v) is 26.7. The molecule has 234 valence electrons. The normalized spacial score (nSPS) is 13.7. The molecule has 1 amide bonds. The van der Waals surface area contributed by atoms with Crippen molar-refractivity contribution in [2.24, 2.45) is 0 Å². The molecule has 3 heterocycles. The Bertz CT molecular complexity index is 1830. The number of carbonyl (C=O) groups is 1. The Kier molecular flexibility index (Phi) is 9.56. The third kappa shape index (κ3) is 7.70. The van der Waals surface area contributed by atoms with Gasteiger partial charge in [-0.2, -0.15) is 0 Å². The lowest BCUT2D eigenvalue weighted by Crippen LogP contribution is -2.18. The number of pyridine rings is 1. The molecule has 0 spiro atoms. The largest absolute Gasteiger partial charge is 0.394 e. The van der Waals surface area contributed by atoms with Crippen LogP contribution in [0.1, 0.15) is 48.7 Å². The zero-order chi connectivity index (χ0) is 32.0. The molecule has 46 heavy (non-hydrogen) atoms. The molecular weight excluding hydrogens is 621 g/mol. The molecule has 12 heteroatoms. The van der Waals surface area contributed by atoms with Crippen LogP contribution in [0.4, 0.5) is 23.0 Å². The van der Waals surface area contributed by atoms with Gasteiger partial charge in [0.2, 0.25) is 0 Å². The number of anilines is 4. The van der Waals surface area contributed by atoms with Crippen molar-refractivity contribution in [1.82, 2.24) is 24.9 Å². The second-order valence-electron chi connectivity index (χ2n) is 11.1. The van der Waals surface area contributed by atoms with E-state index in [1.807, 2.05) is 43.3 Å². The number of aromatic nitrogens is 5. The maximum Gasteiger partial charge on any atom is 0.257 e. The number of nitrogens with one attached hydrogen (secondary N) is 3. The summed E-state index contributed by atoms with van der Waals surface area (Å²) in [6.07, 6.45) is 9.95. The monoisotopic (exact) mass is 653 g/mol. The van der Waals surface area contributed by atoms with Crippen LogP contribution >= 0.6 is 23.2 Å². The van der Waals surface area contributed by atoms with Gasteiger partial charge in [0, 0.05) is 39.5 Å². The van der Waals surface area contributed by atoms with Crippen molar-refractivity contribution in [2.45, 2.75) is 51.1 Å². The minimum atomic E-state index is -0.228. The highest BCUT2D eigenvalue weighted by atomic mass is 35.5. The molecule has 10 nitrogen and oxygen atoms in total. The first-order valence-corrected chi connectivity index (χ1v) is 15.9. The van der Waals surface area contributed by atoms with Crippen LogP contribution in [0.3, 0.4) is 0 Å². The number of aryl methyl sites for hydroxylation is 1. The lowest BCUT2D eigenvalue weighted by molar-refractivity contribution is 0.102. The first kappa shape index (κ1) is 31.2. The van der Waals surface area contributed by atoms with E-state index in [1.54, 1.807) is 30.5 Å². The third-order valence-electron chi connectivity index (χ3n) is 7.51. The molecule has 7 rings (SSSR count). The van der Waals surface area contributed by atoms with Gasteiger partial charge in [0.15, 0.2) is 11.6 Å². The van der Waals surface area contributed by atoms with Crippen molar-refractivity contribution in [1.29, 1.82) is 0 Å². The van der Waals surface area contributed by atoms with E-state index >= 15 is 0 Å². The van der Waals surface area contributed by atoms with E-state index in [0.29, 0.717) is 57.0 Å². The minimum Gasteiger partial charge on any atom is -0.394 e. The number of carbonyl (C=O) groups excluding carboxylic acids is 1. The lowest BCUT2D eigenvalue weighted by Gasteiger charge is -2.16. The molecule has 2 aromatic carbocycles. The van der Waals surface area contributed by atoms with Gasteiger partial charge in [0.25, 0.3) is 5.91 Å². The first-order chi connectivity index (χ1) is 22.4. The predicted octanol–water partition coefficient (Wildman–Crippen LogP) is 7.53. The minimum absolute atomic E-state index is 0.228. The van der Waals surface area contributed by atoms with Crippen LogP contribution in [0.25, 0.3) is 22.5 Å². The van der Waals surface area contributed by atoms with Crippen molar-refractivity contribution in [3.63, 3.8) is 0 Å². The fourth-order valence-electron chi connectivity index (χ4n) is 4.74. The molecule has 3 aromatic heterocycles. The van der Waals surface area contributed by atoms with Crippen LogP contribution in [0.5, 0.6) is 0 Å². The Hall–Kier alpha value is -4.80. The summed E-state index contributed by atoms with van der Waals surface area (Å²) in [5.74, 6) is 1.11. The summed E-state index contributed by atoms with van der Waals surface area (Å²) in [6, 6.07) is 19.3. The maximum atomic E-state index is 13.0. The van der Waals surface area contributed by atoms with Gasteiger partial charge < -0.3 is 21.7 Å². The Balaban J connectivity index is 0.000000178. The summed E-state index contributed by atoms with van der Waals surface area (Å²) in [7, 11) is 0. The van der Waals surface area contributed by atoms with Crippen LogP contribution < -0.4 is 21.7 Å². The Morgan fingerprint density at radius 3 is 1.89 bits per heavy atom. The van der Waals surface area contributed by atoms with Crippen molar-refractivity contribution in [3.8, 4) is 22.5 Å². The lowest BCUT2D eigenvalue weighted by atomic mass is 10.1. The van der Waals surface area contributed by atoms with E-state index in [4.69, 9.17) is 28.9 Å².